The number of nitrogens with zero attached hydrogens (tertiary/aromatic N) is 1. The van der Waals surface area contributed by atoms with Crippen LogP contribution in [-0.4, -0.2) is 26.0 Å². The molecule has 0 atom stereocenters. The topological polar surface area (TPSA) is 75.8 Å². The molecule has 0 aliphatic carbocycles. The molecule has 0 fully saturated rings. The van der Waals surface area contributed by atoms with E-state index in [4.69, 9.17) is 24.7 Å². The second kappa shape index (κ2) is 6.95. The van der Waals surface area contributed by atoms with Crippen molar-refractivity contribution in [1.29, 1.82) is 0 Å². The van der Waals surface area contributed by atoms with Crippen LogP contribution in [0.5, 0.6) is 23.1 Å². The van der Waals surface area contributed by atoms with Gasteiger partial charge in [0.2, 0.25) is 12.7 Å². The molecule has 0 saturated heterocycles. The molecule has 124 valence electrons. The zero-order chi connectivity index (χ0) is 16.9. The van der Waals surface area contributed by atoms with Gasteiger partial charge in [0.05, 0.1) is 19.7 Å². The van der Waals surface area contributed by atoms with Gasteiger partial charge in [-0.15, -0.1) is 0 Å². The van der Waals surface area contributed by atoms with E-state index < -0.39 is 0 Å². The lowest BCUT2D eigenvalue weighted by molar-refractivity contribution is 0.115. The number of aromatic nitrogens is 1. The van der Waals surface area contributed by atoms with E-state index in [1.54, 1.807) is 44.6 Å². The molecular weight excluding hydrogens is 308 g/mol. The molecule has 6 nitrogen and oxygen atoms in total. The summed E-state index contributed by atoms with van der Waals surface area (Å²) >= 11 is 0. The van der Waals surface area contributed by atoms with Gasteiger partial charge in [-0.2, -0.15) is 0 Å². The molecule has 3 aromatic rings. The lowest BCUT2D eigenvalue weighted by atomic mass is 10.2. The van der Waals surface area contributed by atoms with Gasteiger partial charge in [0.25, 0.3) is 0 Å². The third-order valence-corrected chi connectivity index (χ3v) is 3.48. The number of nitrogen functional groups attached to an aromatic ring is 1. The summed E-state index contributed by atoms with van der Waals surface area (Å²) in [4.78, 5) is 4.45. The molecule has 3 rings (SSSR count). The fraction of sp³-hybridized carbons (Fsp3) is 0.167. The number of anilines is 1. The fourth-order valence-corrected chi connectivity index (χ4v) is 2.23. The Hall–Kier alpha value is -3.15. The third kappa shape index (κ3) is 3.43. The highest BCUT2D eigenvalue weighted by Crippen LogP contribution is 2.32. The van der Waals surface area contributed by atoms with Crippen molar-refractivity contribution in [2.45, 2.75) is 0 Å². The molecule has 0 aliphatic rings. The Kier molecular flexibility index (Phi) is 4.56. The average molecular weight is 326 g/mol. The first-order valence-electron chi connectivity index (χ1n) is 7.33. The molecule has 0 aliphatic heterocycles. The normalized spacial score (nSPS) is 10.4. The number of methoxy groups -OCH3 is 2. The monoisotopic (exact) mass is 326 g/mol. The van der Waals surface area contributed by atoms with Crippen LogP contribution < -0.4 is 24.7 Å². The number of pyridine rings is 1. The van der Waals surface area contributed by atoms with Gasteiger partial charge >= 0.3 is 0 Å². The summed E-state index contributed by atoms with van der Waals surface area (Å²) in [6.45, 7) is 0.0513. The van der Waals surface area contributed by atoms with E-state index in [1.807, 2.05) is 18.2 Å². The van der Waals surface area contributed by atoms with E-state index in [0.29, 0.717) is 28.8 Å². The van der Waals surface area contributed by atoms with Crippen molar-refractivity contribution in [1.82, 2.24) is 4.98 Å². The number of ether oxygens (including phenoxy) is 4. The van der Waals surface area contributed by atoms with Crippen LogP contribution >= 0.6 is 0 Å². The minimum absolute atomic E-state index is 0.0513. The maximum absolute atomic E-state index is 5.63. The van der Waals surface area contributed by atoms with E-state index in [2.05, 4.69) is 4.98 Å². The Morgan fingerprint density at radius 1 is 0.875 bits per heavy atom. The van der Waals surface area contributed by atoms with E-state index in [-0.39, 0.29) is 6.79 Å². The average Bonchev–Trinajstić information content (AvgIpc) is 2.62. The highest BCUT2D eigenvalue weighted by atomic mass is 16.7. The molecule has 0 spiro atoms. The second-order valence-corrected chi connectivity index (χ2v) is 5.02. The van der Waals surface area contributed by atoms with Gasteiger partial charge in [0.15, 0.2) is 11.5 Å². The molecule has 2 N–H and O–H groups in total. The van der Waals surface area contributed by atoms with Gasteiger partial charge in [0, 0.05) is 23.2 Å². The van der Waals surface area contributed by atoms with Crippen LogP contribution in [0.15, 0.2) is 48.5 Å². The van der Waals surface area contributed by atoms with Gasteiger partial charge in [-0.25, -0.2) is 4.98 Å². The van der Waals surface area contributed by atoms with Crippen molar-refractivity contribution in [3.05, 3.63) is 48.5 Å². The third-order valence-electron chi connectivity index (χ3n) is 3.48. The number of hydrogen-bond donors (Lipinski definition) is 1. The summed E-state index contributed by atoms with van der Waals surface area (Å²) in [5.74, 6) is 2.42. The van der Waals surface area contributed by atoms with Crippen LogP contribution in [0.1, 0.15) is 0 Å². The number of nitrogens with two attached hydrogens (primary N) is 1. The predicted octanol–water partition coefficient (Wildman–Crippen LogP) is 3.25. The number of hydrogen-bond acceptors (Lipinski definition) is 6. The lowest BCUT2D eigenvalue weighted by Gasteiger charge is -2.11. The van der Waals surface area contributed by atoms with Crippen LogP contribution in [0, 0.1) is 0 Å². The SMILES string of the molecule is COc1cc2ccc(OCOc3ccc(N)cc3)nc2cc1OC. The van der Waals surface area contributed by atoms with Crippen LogP contribution in [-0.2, 0) is 0 Å². The molecule has 0 unspecified atom stereocenters. The van der Waals surface area contributed by atoms with Crippen molar-refractivity contribution < 1.29 is 18.9 Å². The van der Waals surface area contributed by atoms with Crippen LogP contribution in [0.2, 0.25) is 0 Å². The fourth-order valence-electron chi connectivity index (χ4n) is 2.23. The molecular formula is C18H18N2O4. The molecule has 6 heteroatoms. The summed E-state index contributed by atoms with van der Waals surface area (Å²) < 4.78 is 21.6. The molecule has 0 saturated carbocycles. The zero-order valence-corrected chi connectivity index (χ0v) is 13.5. The van der Waals surface area contributed by atoms with Gasteiger partial charge in [-0.3, -0.25) is 0 Å². The summed E-state index contributed by atoms with van der Waals surface area (Å²) in [6, 6.07) is 14.5. The van der Waals surface area contributed by atoms with Crippen molar-refractivity contribution >= 4 is 16.6 Å². The summed E-state index contributed by atoms with van der Waals surface area (Å²) in [7, 11) is 3.19. The minimum atomic E-state index is 0.0513. The maximum atomic E-state index is 5.63. The van der Waals surface area contributed by atoms with Crippen molar-refractivity contribution in [3.8, 4) is 23.1 Å². The number of benzene rings is 2. The van der Waals surface area contributed by atoms with Gasteiger partial charge in [-0.05, 0) is 36.4 Å². The molecule has 0 amide bonds. The Balaban J connectivity index is 1.71. The Morgan fingerprint density at radius 2 is 1.58 bits per heavy atom. The summed E-state index contributed by atoms with van der Waals surface area (Å²) in [5, 5.41) is 0.930. The van der Waals surface area contributed by atoms with Crippen molar-refractivity contribution in [2.75, 3.05) is 26.7 Å². The van der Waals surface area contributed by atoms with Crippen molar-refractivity contribution in [2.24, 2.45) is 0 Å². The Morgan fingerprint density at radius 3 is 2.29 bits per heavy atom. The van der Waals surface area contributed by atoms with Gasteiger partial charge in [-0.1, -0.05) is 0 Å². The highest BCUT2D eigenvalue weighted by molar-refractivity contribution is 5.83. The smallest absolute Gasteiger partial charge is 0.232 e. The number of rotatable bonds is 6. The molecule has 1 aromatic heterocycles. The highest BCUT2D eigenvalue weighted by Gasteiger charge is 2.08. The quantitative estimate of drug-likeness (QED) is 0.553. The Bertz CT molecular complexity index is 834. The first-order valence-corrected chi connectivity index (χ1v) is 7.33. The second-order valence-electron chi connectivity index (χ2n) is 5.02. The molecule has 24 heavy (non-hydrogen) atoms. The van der Waals surface area contributed by atoms with Crippen LogP contribution in [0.25, 0.3) is 10.9 Å². The van der Waals surface area contributed by atoms with Gasteiger partial charge < -0.3 is 24.7 Å². The van der Waals surface area contributed by atoms with Crippen molar-refractivity contribution in [3.63, 3.8) is 0 Å². The molecule has 2 aromatic carbocycles. The van der Waals surface area contributed by atoms with E-state index in [9.17, 15) is 0 Å². The maximum Gasteiger partial charge on any atom is 0.232 e. The zero-order valence-electron chi connectivity index (χ0n) is 13.5. The number of fused-ring (bicyclic) bond motifs is 1. The van der Waals surface area contributed by atoms with E-state index in [0.717, 1.165) is 10.9 Å². The van der Waals surface area contributed by atoms with Gasteiger partial charge in [0.1, 0.15) is 5.75 Å². The van der Waals surface area contributed by atoms with E-state index in [1.165, 1.54) is 0 Å². The summed E-state index contributed by atoms with van der Waals surface area (Å²) in [5.41, 5.74) is 7.06. The lowest BCUT2D eigenvalue weighted by Crippen LogP contribution is -2.06. The molecule has 1 heterocycles. The Labute approximate surface area is 139 Å². The van der Waals surface area contributed by atoms with Crippen LogP contribution in [0.4, 0.5) is 5.69 Å². The van der Waals surface area contributed by atoms with Crippen LogP contribution in [0.3, 0.4) is 0 Å². The first kappa shape index (κ1) is 15.7. The largest absolute Gasteiger partial charge is 0.493 e. The minimum Gasteiger partial charge on any atom is -0.493 e. The molecule has 0 bridgehead atoms. The standard InChI is InChI=1S/C18H18N2O4/c1-21-16-9-12-3-8-18(20-15(12)10-17(16)22-2)24-11-23-14-6-4-13(19)5-7-14/h3-10H,11,19H2,1-2H3. The summed E-state index contributed by atoms with van der Waals surface area (Å²) in [6.07, 6.45) is 0. The van der Waals surface area contributed by atoms with E-state index >= 15 is 0 Å². The molecule has 0 radical (unpaired) electrons. The predicted molar refractivity (Wildman–Crippen MR) is 91.8 cm³/mol. The first-order chi connectivity index (χ1) is 11.7.